The van der Waals surface area contributed by atoms with Gasteiger partial charge in [-0.15, -0.1) is 0 Å². The van der Waals surface area contributed by atoms with E-state index in [9.17, 15) is 14.7 Å². The molecule has 1 heterocycles. The monoisotopic (exact) mass is 293 g/mol. The van der Waals surface area contributed by atoms with Gasteiger partial charge in [0, 0.05) is 13.2 Å². The van der Waals surface area contributed by atoms with Gasteiger partial charge in [-0.2, -0.15) is 0 Å². The van der Waals surface area contributed by atoms with E-state index in [1.165, 1.54) is 0 Å². The minimum atomic E-state index is -0.0429. The maximum absolute atomic E-state index is 12.6. The minimum absolute atomic E-state index is 0.0429. The van der Waals surface area contributed by atoms with Gasteiger partial charge in [-0.3, -0.25) is 14.5 Å². The Bertz CT molecular complexity index is 398. The molecule has 2 saturated carbocycles. The lowest BCUT2D eigenvalue weighted by atomic mass is 9.79. The van der Waals surface area contributed by atoms with Crippen molar-refractivity contribution in [3.63, 3.8) is 0 Å². The molecule has 0 spiro atoms. The lowest BCUT2D eigenvalue weighted by Gasteiger charge is -2.33. The SMILES string of the molecule is CCC1CC2C(=O)N(CC3CCCCC3CO)C(=O)C2C1. The molecule has 3 rings (SSSR count). The Hall–Kier alpha value is -0.900. The van der Waals surface area contributed by atoms with E-state index in [1.807, 2.05) is 0 Å². The third-order valence-corrected chi connectivity index (χ3v) is 6.12. The van der Waals surface area contributed by atoms with E-state index >= 15 is 0 Å². The zero-order valence-electron chi connectivity index (χ0n) is 13.0. The molecule has 0 aromatic carbocycles. The topological polar surface area (TPSA) is 57.6 Å². The second-order valence-corrected chi connectivity index (χ2v) is 7.23. The summed E-state index contributed by atoms with van der Waals surface area (Å²) in [5.41, 5.74) is 0. The van der Waals surface area contributed by atoms with E-state index in [0.717, 1.165) is 44.9 Å². The van der Waals surface area contributed by atoms with E-state index < -0.39 is 0 Å². The Balaban J connectivity index is 1.67. The first kappa shape index (κ1) is 15.0. The molecule has 4 atom stereocenters. The van der Waals surface area contributed by atoms with Crippen LogP contribution in [0.3, 0.4) is 0 Å². The smallest absolute Gasteiger partial charge is 0.233 e. The number of imide groups is 1. The molecule has 4 unspecified atom stereocenters. The highest BCUT2D eigenvalue weighted by Crippen LogP contribution is 2.45. The molecule has 1 aliphatic heterocycles. The zero-order valence-corrected chi connectivity index (χ0v) is 13.0. The van der Waals surface area contributed by atoms with Crippen LogP contribution in [-0.2, 0) is 9.59 Å². The van der Waals surface area contributed by atoms with Gasteiger partial charge in [0.25, 0.3) is 0 Å². The maximum Gasteiger partial charge on any atom is 0.233 e. The number of aliphatic hydroxyl groups is 1. The van der Waals surface area contributed by atoms with Crippen LogP contribution in [0.1, 0.15) is 51.9 Å². The summed E-state index contributed by atoms with van der Waals surface area (Å²) in [7, 11) is 0. The Labute approximate surface area is 126 Å². The Morgan fingerprint density at radius 1 is 1.05 bits per heavy atom. The second-order valence-electron chi connectivity index (χ2n) is 7.23. The van der Waals surface area contributed by atoms with Gasteiger partial charge >= 0.3 is 0 Å². The first-order chi connectivity index (χ1) is 10.2. The van der Waals surface area contributed by atoms with Crippen molar-refractivity contribution in [2.24, 2.45) is 29.6 Å². The molecule has 1 N–H and O–H groups in total. The number of carbonyl (C=O) groups is 2. The molecule has 4 heteroatoms. The van der Waals surface area contributed by atoms with Gasteiger partial charge in [0.2, 0.25) is 11.8 Å². The molecule has 21 heavy (non-hydrogen) atoms. The predicted molar refractivity (Wildman–Crippen MR) is 79.2 cm³/mol. The number of amides is 2. The van der Waals surface area contributed by atoms with E-state index in [1.54, 1.807) is 4.90 Å². The quantitative estimate of drug-likeness (QED) is 0.809. The number of aliphatic hydroxyl groups excluding tert-OH is 1. The van der Waals surface area contributed by atoms with Gasteiger partial charge in [-0.25, -0.2) is 0 Å². The molecule has 0 bridgehead atoms. The van der Waals surface area contributed by atoms with Crippen LogP contribution in [0.2, 0.25) is 0 Å². The number of likely N-dealkylation sites (tertiary alicyclic amines) is 1. The van der Waals surface area contributed by atoms with Gasteiger partial charge in [0.15, 0.2) is 0 Å². The van der Waals surface area contributed by atoms with Gasteiger partial charge in [-0.05, 0) is 43.4 Å². The van der Waals surface area contributed by atoms with E-state index in [2.05, 4.69) is 6.92 Å². The maximum atomic E-state index is 12.6. The van der Waals surface area contributed by atoms with Gasteiger partial charge in [0.05, 0.1) is 11.8 Å². The summed E-state index contributed by atoms with van der Waals surface area (Å²) in [5.74, 6) is 1.18. The Kier molecular flexibility index (Phi) is 4.34. The van der Waals surface area contributed by atoms with E-state index in [4.69, 9.17) is 0 Å². The molecule has 0 aromatic heterocycles. The first-order valence-electron chi connectivity index (χ1n) is 8.61. The average molecular weight is 293 g/mol. The van der Waals surface area contributed by atoms with Crippen LogP contribution in [0.25, 0.3) is 0 Å². The third-order valence-electron chi connectivity index (χ3n) is 6.12. The summed E-state index contributed by atoms with van der Waals surface area (Å²) in [4.78, 5) is 26.7. The Morgan fingerprint density at radius 3 is 2.14 bits per heavy atom. The van der Waals surface area contributed by atoms with Crippen LogP contribution < -0.4 is 0 Å². The molecule has 0 aromatic rings. The molecule has 2 amide bonds. The van der Waals surface area contributed by atoms with Crippen LogP contribution in [0.4, 0.5) is 0 Å². The lowest BCUT2D eigenvalue weighted by Crippen LogP contribution is -2.40. The average Bonchev–Trinajstić information content (AvgIpc) is 3.03. The molecule has 3 aliphatic rings. The van der Waals surface area contributed by atoms with Crippen molar-refractivity contribution in [2.75, 3.05) is 13.2 Å². The molecule has 4 nitrogen and oxygen atoms in total. The number of fused-ring (bicyclic) bond motifs is 1. The largest absolute Gasteiger partial charge is 0.396 e. The number of hydrogen-bond acceptors (Lipinski definition) is 3. The highest BCUT2D eigenvalue weighted by molar-refractivity contribution is 6.05. The third kappa shape index (κ3) is 2.63. The predicted octanol–water partition coefficient (Wildman–Crippen LogP) is 2.21. The van der Waals surface area contributed by atoms with Crippen molar-refractivity contribution in [1.29, 1.82) is 0 Å². The normalized spacial score (nSPS) is 39.9. The van der Waals surface area contributed by atoms with Crippen LogP contribution >= 0.6 is 0 Å². The first-order valence-corrected chi connectivity index (χ1v) is 8.61. The fraction of sp³-hybridized carbons (Fsp3) is 0.882. The molecule has 118 valence electrons. The number of carbonyl (C=O) groups excluding carboxylic acids is 2. The van der Waals surface area contributed by atoms with Crippen LogP contribution in [-0.4, -0.2) is 35.0 Å². The lowest BCUT2D eigenvalue weighted by molar-refractivity contribution is -0.142. The Morgan fingerprint density at radius 2 is 1.62 bits per heavy atom. The summed E-state index contributed by atoms with van der Waals surface area (Å²) >= 11 is 0. The highest BCUT2D eigenvalue weighted by Gasteiger charge is 2.52. The van der Waals surface area contributed by atoms with Gasteiger partial charge in [0.1, 0.15) is 0 Å². The van der Waals surface area contributed by atoms with Crippen molar-refractivity contribution in [3.05, 3.63) is 0 Å². The van der Waals surface area contributed by atoms with E-state index in [0.29, 0.717) is 18.4 Å². The summed E-state index contributed by atoms with van der Waals surface area (Å²) in [6.45, 7) is 2.88. The molecule has 2 aliphatic carbocycles. The second kappa shape index (κ2) is 6.07. The fourth-order valence-corrected chi connectivity index (χ4v) is 4.71. The molecule has 3 fully saturated rings. The van der Waals surface area contributed by atoms with Crippen molar-refractivity contribution in [2.45, 2.75) is 51.9 Å². The van der Waals surface area contributed by atoms with Gasteiger partial charge in [-0.1, -0.05) is 26.2 Å². The summed E-state index contributed by atoms with van der Waals surface area (Å²) in [6.07, 6.45) is 7.25. The summed E-state index contributed by atoms with van der Waals surface area (Å²) in [5, 5.41) is 9.51. The fourth-order valence-electron chi connectivity index (χ4n) is 4.71. The highest BCUT2D eigenvalue weighted by atomic mass is 16.3. The van der Waals surface area contributed by atoms with Gasteiger partial charge < -0.3 is 5.11 Å². The van der Waals surface area contributed by atoms with Crippen LogP contribution in [0.5, 0.6) is 0 Å². The van der Waals surface area contributed by atoms with Crippen molar-refractivity contribution in [3.8, 4) is 0 Å². The molecule has 1 saturated heterocycles. The summed E-state index contributed by atoms with van der Waals surface area (Å²) in [6, 6.07) is 0. The van der Waals surface area contributed by atoms with Crippen LogP contribution in [0.15, 0.2) is 0 Å². The van der Waals surface area contributed by atoms with Crippen molar-refractivity contribution in [1.82, 2.24) is 4.90 Å². The molecular formula is C17H27NO3. The number of nitrogens with zero attached hydrogens (tertiary/aromatic N) is 1. The molecule has 0 radical (unpaired) electrons. The van der Waals surface area contributed by atoms with E-state index in [-0.39, 0.29) is 36.2 Å². The van der Waals surface area contributed by atoms with Crippen LogP contribution in [0, 0.1) is 29.6 Å². The summed E-state index contributed by atoms with van der Waals surface area (Å²) < 4.78 is 0. The van der Waals surface area contributed by atoms with Crippen molar-refractivity contribution < 1.29 is 14.7 Å². The number of rotatable bonds is 4. The zero-order chi connectivity index (χ0) is 15.0. The number of hydrogen-bond donors (Lipinski definition) is 1. The standard InChI is InChI=1S/C17H27NO3/c1-2-11-7-14-15(8-11)17(21)18(16(14)20)9-12-5-3-4-6-13(12)10-19/h11-15,19H,2-10H2,1H3. The molecular weight excluding hydrogens is 266 g/mol. The van der Waals surface area contributed by atoms with Crippen molar-refractivity contribution >= 4 is 11.8 Å². The minimum Gasteiger partial charge on any atom is -0.396 e.